The molecule has 0 aliphatic heterocycles. The quantitative estimate of drug-likeness (QED) is 0.101. The van der Waals surface area contributed by atoms with Crippen LogP contribution >= 0.6 is 0 Å². The van der Waals surface area contributed by atoms with E-state index in [2.05, 4.69) is 111 Å². The predicted octanol–water partition coefficient (Wildman–Crippen LogP) is 12.1. The monoisotopic (exact) mass is 542 g/mol. The van der Waals surface area contributed by atoms with Crippen molar-refractivity contribution in [2.45, 2.75) is 78.1 Å². The minimum atomic E-state index is 0.840. The average molecular weight is 543 g/mol. The third-order valence-electron chi connectivity index (χ3n) is 7.53. The second kappa shape index (κ2) is 17.1. The molecule has 0 amide bonds. The molecule has 0 aliphatic rings. The largest absolute Gasteiger partial charge is 0.457 e. The van der Waals surface area contributed by atoms with Gasteiger partial charge in [0.1, 0.15) is 11.5 Å². The Morgan fingerprint density at radius 2 is 0.707 bits per heavy atom. The molecule has 0 fully saturated rings. The molecular weight excluding hydrogens is 496 g/mol. The highest BCUT2D eigenvalue weighted by molar-refractivity contribution is 5.71. The van der Waals surface area contributed by atoms with Crippen molar-refractivity contribution in [3.05, 3.63) is 130 Å². The Hall–Kier alpha value is -3.84. The summed E-state index contributed by atoms with van der Waals surface area (Å²) in [4.78, 5) is 0. The van der Waals surface area contributed by atoms with Gasteiger partial charge in [0.2, 0.25) is 0 Å². The fraction of sp³-hybridized carbons (Fsp3) is 0.300. The van der Waals surface area contributed by atoms with Gasteiger partial charge in [-0.25, -0.2) is 0 Å². The van der Waals surface area contributed by atoms with Crippen molar-refractivity contribution in [2.24, 2.45) is 0 Å². The van der Waals surface area contributed by atoms with Crippen LogP contribution in [0.1, 0.15) is 98.6 Å². The maximum atomic E-state index is 6.09. The highest BCUT2D eigenvalue weighted by atomic mass is 16.5. The van der Waals surface area contributed by atoms with E-state index in [-0.39, 0.29) is 0 Å². The third kappa shape index (κ3) is 10.9. The SMILES string of the molecule is CCCCCCc1ccc(/C=C/c2ccc(Oc3ccc(/C=C/c4ccc(CCCCCC)cc4)cc3)cc2)cc1. The molecule has 0 heterocycles. The van der Waals surface area contributed by atoms with Crippen LogP contribution in [-0.2, 0) is 12.8 Å². The molecule has 0 aliphatic carbocycles. The van der Waals surface area contributed by atoms with Gasteiger partial charge in [0, 0.05) is 0 Å². The van der Waals surface area contributed by atoms with Crippen molar-refractivity contribution >= 4 is 24.3 Å². The van der Waals surface area contributed by atoms with Crippen molar-refractivity contribution in [2.75, 3.05) is 0 Å². The summed E-state index contributed by atoms with van der Waals surface area (Å²) in [7, 11) is 0. The van der Waals surface area contributed by atoms with E-state index in [1.165, 1.54) is 86.5 Å². The molecule has 0 saturated carbocycles. The molecule has 41 heavy (non-hydrogen) atoms. The number of rotatable bonds is 16. The Bertz CT molecular complexity index is 1220. The number of benzene rings is 4. The van der Waals surface area contributed by atoms with E-state index < -0.39 is 0 Å². The Morgan fingerprint density at radius 1 is 0.390 bits per heavy atom. The molecule has 0 bridgehead atoms. The molecule has 4 aromatic carbocycles. The van der Waals surface area contributed by atoms with Crippen molar-refractivity contribution in [3.63, 3.8) is 0 Å². The van der Waals surface area contributed by atoms with Gasteiger partial charge in [0.25, 0.3) is 0 Å². The molecular formula is C40H46O. The lowest BCUT2D eigenvalue weighted by molar-refractivity contribution is 0.482. The Labute approximate surface area is 248 Å². The van der Waals surface area contributed by atoms with Crippen molar-refractivity contribution in [1.29, 1.82) is 0 Å². The summed E-state index contributed by atoms with van der Waals surface area (Å²) < 4.78 is 6.09. The molecule has 4 rings (SSSR count). The second-order valence-electron chi connectivity index (χ2n) is 11.0. The van der Waals surface area contributed by atoms with Gasteiger partial charge in [-0.1, -0.05) is 149 Å². The molecule has 1 heteroatoms. The predicted molar refractivity (Wildman–Crippen MR) is 179 cm³/mol. The second-order valence-corrected chi connectivity index (χ2v) is 11.0. The summed E-state index contributed by atoms with van der Waals surface area (Å²) in [6, 6.07) is 34.4. The van der Waals surface area contributed by atoms with E-state index in [1.54, 1.807) is 0 Å². The first-order valence-electron chi connectivity index (χ1n) is 15.6. The van der Waals surface area contributed by atoms with Crippen LogP contribution in [-0.4, -0.2) is 0 Å². The van der Waals surface area contributed by atoms with Crippen molar-refractivity contribution in [1.82, 2.24) is 0 Å². The summed E-state index contributed by atoms with van der Waals surface area (Å²) >= 11 is 0. The zero-order valence-corrected chi connectivity index (χ0v) is 25.0. The average Bonchev–Trinajstić information content (AvgIpc) is 3.02. The maximum absolute atomic E-state index is 6.09. The molecule has 0 unspecified atom stereocenters. The van der Waals surface area contributed by atoms with Gasteiger partial charge < -0.3 is 4.74 Å². The first kappa shape index (κ1) is 30.1. The lowest BCUT2D eigenvalue weighted by Gasteiger charge is -2.06. The number of aryl methyl sites for hydroxylation is 2. The van der Waals surface area contributed by atoms with Crippen LogP contribution in [0.3, 0.4) is 0 Å². The molecule has 0 atom stereocenters. The van der Waals surface area contributed by atoms with Crippen LogP contribution < -0.4 is 4.74 Å². The number of hydrogen-bond acceptors (Lipinski definition) is 1. The summed E-state index contributed by atoms with van der Waals surface area (Å²) in [5.74, 6) is 1.68. The van der Waals surface area contributed by atoms with Crippen LogP contribution in [0, 0.1) is 0 Å². The normalized spacial score (nSPS) is 11.5. The third-order valence-corrected chi connectivity index (χ3v) is 7.53. The Morgan fingerprint density at radius 3 is 1.02 bits per heavy atom. The number of unbranched alkanes of at least 4 members (excludes halogenated alkanes) is 6. The summed E-state index contributed by atoms with van der Waals surface area (Å²) in [5, 5.41) is 0. The topological polar surface area (TPSA) is 9.23 Å². The van der Waals surface area contributed by atoms with Gasteiger partial charge in [-0.15, -0.1) is 0 Å². The van der Waals surface area contributed by atoms with Gasteiger partial charge in [-0.3, -0.25) is 0 Å². The smallest absolute Gasteiger partial charge is 0.127 e. The summed E-state index contributed by atoms with van der Waals surface area (Å²) in [5.41, 5.74) is 7.64. The standard InChI is InChI=1S/C40H46O/c1-3-5-7-9-11-33-13-17-35(18-14-33)21-23-37-25-29-39(30-26-37)41-40-31-27-38(28-32-40)24-22-36-19-15-34(16-20-36)12-10-8-6-4-2/h13-32H,3-12H2,1-2H3/b23-21+,24-22+. The molecule has 0 aromatic heterocycles. The van der Waals surface area contributed by atoms with Crippen molar-refractivity contribution < 1.29 is 4.74 Å². The molecule has 0 N–H and O–H groups in total. The molecule has 0 radical (unpaired) electrons. The van der Waals surface area contributed by atoms with Gasteiger partial charge in [0.05, 0.1) is 0 Å². The number of ether oxygens (including phenoxy) is 1. The fourth-order valence-corrected chi connectivity index (χ4v) is 4.92. The van der Waals surface area contributed by atoms with Crippen LogP contribution in [0.25, 0.3) is 24.3 Å². The Kier molecular flexibility index (Phi) is 12.5. The van der Waals surface area contributed by atoms with Gasteiger partial charge in [-0.2, -0.15) is 0 Å². The van der Waals surface area contributed by atoms with E-state index in [4.69, 9.17) is 4.74 Å². The van der Waals surface area contributed by atoms with Gasteiger partial charge >= 0.3 is 0 Å². The molecule has 212 valence electrons. The number of hydrogen-bond donors (Lipinski definition) is 0. The van der Waals surface area contributed by atoms with E-state index >= 15 is 0 Å². The van der Waals surface area contributed by atoms with Crippen LogP contribution in [0.2, 0.25) is 0 Å². The van der Waals surface area contributed by atoms with E-state index in [0.717, 1.165) is 22.6 Å². The fourth-order valence-electron chi connectivity index (χ4n) is 4.92. The van der Waals surface area contributed by atoms with Gasteiger partial charge in [-0.05, 0) is 83.3 Å². The first-order valence-corrected chi connectivity index (χ1v) is 15.6. The van der Waals surface area contributed by atoms with E-state index in [9.17, 15) is 0 Å². The molecule has 0 saturated heterocycles. The minimum Gasteiger partial charge on any atom is -0.457 e. The highest BCUT2D eigenvalue weighted by Crippen LogP contribution is 2.23. The molecule has 1 nitrogen and oxygen atoms in total. The van der Waals surface area contributed by atoms with Crippen LogP contribution in [0.4, 0.5) is 0 Å². The minimum absolute atomic E-state index is 0.840. The Balaban J connectivity index is 1.23. The van der Waals surface area contributed by atoms with E-state index in [1.807, 2.05) is 24.3 Å². The van der Waals surface area contributed by atoms with Crippen molar-refractivity contribution in [3.8, 4) is 11.5 Å². The maximum Gasteiger partial charge on any atom is 0.127 e. The molecule has 4 aromatic rings. The van der Waals surface area contributed by atoms with Gasteiger partial charge in [0.15, 0.2) is 0 Å². The summed E-state index contributed by atoms with van der Waals surface area (Å²) in [6.45, 7) is 4.52. The van der Waals surface area contributed by atoms with Crippen LogP contribution in [0.5, 0.6) is 11.5 Å². The highest BCUT2D eigenvalue weighted by Gasteiger charge is 1.99. The van der Waals surface area contributed by atoms with E-state index in [0.29, 0.717) is 0 Å². The lowest BCUT2D eigenvalue weighted by Crippen LogP contribution is -1.86. The molecule has 0 spiro atoms. The summed E-state index contributed by atoms with van der Waals surface area (Å²) in [6.07, 6.45) is 21.5. The lowest BCUT2D eigenvalue weighted by atomic mass is 10.0. The first-order chi connectivity index (χ1) is 20.2. The van der Waals surface area contributed by atoms with Crippen LogP contribution in [0.15, 0.2) is 97.1 Å². The zero-order chi connectivity index (χ0) is 28.5. The zero-order valence-electron chi connectivity index (χ0n) is 25.0.